The zero-order valence-electron chi connectivity index (χ0n) is 17.5. The van der Waals surface area contributed by atoms with Crippen LogP contribution in [-0.2, 0) is 16.1 Å². The highest BCUT2D eigenvalue weighted by molar-refractivity contribution is 9.10. The van der Waals surface area contributed by atoms with Gasteiger partial charge in [0.15, 0.2) is 6.61 Å². The first-order valence-corrected chi connectivity index (χ1v) is 10.6. The Balaban J connectivity index is 2.15. The minimum absolute atomic E-state index is 0.123. The fourth-order valence-electron chi connectivity index (χ4n) is 3.05. The van der Waals surface area contributed by atoms with Crippen LogP contribution in [-0.4, -0.2) is 35.9 Å². The van der Waals surface area contributed by atoms with Crippen LogP contribution in [0.4, 0.5) is 0 Å². The summed E-state index contributed by atoms with van der Waals surface area (Å²) in [6.45, 7) is 8.51. The van der Waals surface area contributed by atoms with Gasteiger partial charge in [-0.15, -0.1) is 0 Å². The lowest BCUT2D eigenvalue weighted by Gasteiger charge is -2.29. The van der Waals surface area contributed by atoms with Crippen molar-refractivity contribution in [2.45, 2.75) is 46.7 Å². The van der Waals surface area contributed by atoms with Crippen LogP contribution in [0.3, 0.4) is 0 Å². The molecule has 0 aliphatic heterocycles. The number of benzene rings is 2. The molecule has 0 aromatic heterocycles. The predicted molar refractivity (Wildman–Crippen MR) is 119 cm³/mol. The fraction of sp³-hybridized carbons (Fsp3) is 0.391. The summed E-state index contributed by atoms with van der Waals surface area (Å²) in [6, 6.07) is 13.0. The van der Waals surface area contributed by atoms with Gasteiger partial charge in [0, 0.05) is 17.6 Å². The summed E-state index contributed by atoms with van der Waals surface area (Å²) in [5.41, 5.74) is 3.09. The van der Waals surface area contributed by atoms with Gasteiger partial charge in [-0.1, -0.05) is 41.1 Å². The number of hydrogen-bond acceptors (Lipinski definition) is 3. The number of carbonyl (C=O) groups excluding carboxylic acids is 2. The first-order chi connectivity index (χ1) is 13.8. The lowest BCUT2D eigenvalue weighted by molar-refractivity contribution is -0.142. The topological polar surface area (TPSA) is 58.6 Å². The molecule has 5 nitrogen and oxygen atoms in total. The van der Waals surface area contributed by atoms with Crippen molar-refractivity contribution in [1.82, 2.24) is 10.2 Å². The Bertz CT molecular complexity index is 834. The second-order valence-corrected chi connectivity index (χ2v) is 8.15. The molecule has 0 fully saturated rings. The summed E-state index contributed by atoms with van der Waals surface area (Å²) in [4.78, 5) is 27.1. The van der Waals surface area contributed by atoms with Crippen LogP contribution in [0.15, 0.2) is 46.9 Å². The van der Waals surface area contributed by atoms with Gasteiger partial charge in [0.1, 0.15) is 11.8 Å². The van der Waals surface area contributed by atoms with Crippen LogP contribution in [0.2, 0.25) is 0 Å². The van der Waals surface area contributed by atoms with Gasteiger partial charge < -0.3 is 15.0 Å². The number of carbonyl (C=O) groups is 2. The zero-order valence-corrected chi connectivity index (χ0v) is 19.1. The van der Waals surface area contributed by atoms with Gasteiger partial charge in [0.05, 0.1) is 0 Å². The van der Waals surface area contributed by atoms with Crippen LogP contribution in [0, 0.1) is 13.8 Å². The molecule has 1 N–H and O–H groups in total. The molecule has 2 aromatic carbocycles. The van der Waals surface area contributed by atoms with Crippen LogP contribution in [0.25, 0.3) is 0 Å². The summed E-state index contributed by atoms with van der Waals surface area (Å²) in [5.74, 6) is 0.256. The molecular weight excluding hydrogens is 432 g/mol. The number of amides is 2. The maximum absolute atomic E-state index is 13.0. The van der Waals surface area contributed by atoms with Crippen LogP contribution >= 0.6 is 15.9 Å². The number of ether oxygens (including phenoxy) is 1. The summed E-state index contributed by atoms with van der Waals surface area (Å²) in [5, 5.41) is 2.87. The van der Waals surface area contributed by atoms with Crippen molar-refractivity contribution in [2.75, 3.05) is 13.2 Å². The Kier molecular flexibility index (Phi) is 8.70. The quantitative estimate of drug-likeness (QED) is 0.603. The molecule has 0 bridgehead atoms. The van der Waals surface area contributed by atoms with E-state index in [1.807, 2.05) is 63.2 Å². The number of nitrogens with zero attached hydrogens (tertiary/aromatic N) is 1. The highest BCUT2D eigenvalue weighted by Crippen LogP contribution is 2.18. The second kappa shape index (κ2) is 11.0. The zero-order chi connectivity index (χ0) is 21.4. The summed E-state index contributed by atoms with van der Waals surface area (Å²) < 4.78 is 6.68. The minimum atomic E-state index is -0.601. The normalized spacial score (nSPS) is 11.6. The number of halogens is 1. The van der Waals surface area contributed by atoms with Crippen LogP contribution in [0.5, 0.6) is 5.75 Å². The predicted octanol–water partition coefficient (Wildman–Crippen LogP) is 4.39. The number of hydrogen-bond donors (Lipinski definition) is 1. The summed E-state index contributed by atoms with van der Waals surface area (Å²) in [7, 11) is 0. The average molecular weight is 461 g/mol. The third-order valence-corrected chi connectivity index (χ3v) is 5.01. The number of rotatable bonds is 9. The Hall–Kier alpha value is -2.34. The van der Waals surface area contributed by atoms with Crippen molar-refractivity contribution in [1.29, 1.82) is 0 Å². The molecule has 2 rings (SSSR count). The molecule has 0 unspecified atom stereocenters. The lowest BCUT2D eigenvalue weighted by atomic mass is 10.1. The van der Waals surface area contributed by atoms with Crippen LogP contribution < -0.4 is 10.1 Å². The molecule has 0 aliphatic carbocycles. The smallest absolute Gasteiger partial charge is 0.261 e. The van der Waals surface area contributed by atoms with Gasteiger partial charge in [0.25, 0.3) is 5.91 Å². The molecule has 0 spiro atoms. The van der Waals surface area contributed by atoms with E-state index in [-0.39, 0.29) is 18.4 Å². The van der Waals surface area contributed by atoms with Crippen molar-refractivity contribution in [3.63, 3.8) is 0 Å². The van der Waals surface area contributed by atoms with E-state index in [9.17, 15) is 9.59 Å². The van der Waals surface area contributed by atoms with E-state index in [4.69, 9.17) is 4.74 Å². The largest absolute Gasteiger partial charge is 0.484 e. The van der Waals surface area contributed by atoms with Gasteiger partial charge in [-0.25, -0.2) is 0 Å². The summed E-state index contributed by atoms with van der Waals surface area (Å²) in [6.07, 6.45) is 0.841. The Morgan fingerprint density at radius 1 is 1.14 bits per heavy atom. The molecule has 0 saturated heterocycles. The molecule has 2 aromatic rings. The van der Waals surface area contributed by atoms with Gasteiger partial charge in [-0.3, -0.25) is 9.59 Å². The first-order valence-electron chi connectivity index (χ1n) is 9.83. The second-order valence-electron chi connectivity index (χ2n) is 7.23. The fourth-order valence-corrected chi connectivity index (χ4v) is 3.50. The van der Waals surface area contributed by atoms with Crippen molar-refractivity contribution in [3.05, 3.63) is 63.6 Å². The van der Waals surface area contributed by atoms with E-state index in [2.05, 4.69) is 21.2 Å². The molecule has 29 heavy (non-hydrogen) atoms. The highest BCUT2D eigenvalue weighted by Gasteiger charge is 2.26. The number of aryl methyl sites for hydroxylation is 2. The standard InChI is InChI=1S/C23H29BrN2O3/c1-5-9-25-23(28)18(4)26(14-19-7-6-8-20(24)13-19)22(27)15-29-21-11-16(2)10-17(3)12-21/h6-8,10-13,18H,5,9,14-15H2,1-4H3,(H,25,28)/t18-/m1/s1. The van der Waals surface area contributed by atoms with Gasteiger partial charge >= 0.3 is 0 Å². The van der Waals surface area contributed by atoms with Gasteiger partial charge in [0.2, 0.25) is 5.91 Å². The van der Waals surface area contributed by atoms with Crippen molar-refractivity contribution in [3.8, 4) is 5.75 Å². The van der Waals surface area contributed by atoms with Crippen molar-refractivity contribution < 1.29 is 14.3 Å². The van der Waals surface area contributed by atoms with E-state index < -0.39 is 6.04 Å². The minimum Gasteiger partial charge on any atom is -0.484 e. The average Bonchev–Trinajstić information content (AvgIpc) is 2.67. The molecule has 0 radical (unpaired) electrons. The van der Waals surface area contributed by atoms with Crippen molar-refractivity contribution >= 4 is 27.7 Å². The molecular formula is C23H29BrN2O3. The monoisotopic (exact) mass is 460 g/mol. The van der Waals surface area contributed by atoms with E-state index in [1.54, 1.807) is 11.8 Å². The molecule has 0 heterocycles. The molecule has 1 atom stereocenters. The Labute approximate surface area is 181 Å². The molecule has 156 valence electrons. The molecule has 2 amide bonds. The molecule has 6 heteroatoms. The van der Waals surface area contributed by atoms with E-state index in [0.29, 0.717) is 18.8 Å². The summed E-state index contributed by atoms with van der Waals surface area (Å²) >= 11 is 3.46. The van der Waals surface area contributed by atoms with Crippen molar-refractivity contribution in [2.24, 2.45) is 0 Å². The highest BCUT2D eigenvalue weighted by atomic mass is 79.9. The van der Waals surface area contributed by atoms with E-state index in [1.165, 1.54) is 0 Å². The molecule has 0 saturated carbocycles. The first kappa shape index (κ1) is 22.9. The maximum Gasteiger partial charge on any atom is 0.261 e. The van der Waals surface area contributed by atoms with Gasteiger partial charge in [-0.2, -0.15) is 0 Å². The van der Waals surface area contributed by atoms with E-state index >= 15 is 0 Å². The SMILES string of the molecule is CCCNC(=O)[C@@H](C)N(Cc1cccc(Br)c1)C(=O)COc1cc(C)cc(C)c1. The molecule has 0 aliphatic rings. The third kappa shape index (κ3) is 7.20. The third-order valence-electron chi connectivity index (χ3n) is 4.52. The lowest BCUT2D eigenvalue weighted by Crippen LogP contribution is -2.49. The Morgan fingerprint density at radius 2 is 1.83 bits per heavy atom. The maximum atomic E-state index is 13.0. The van der Waals surface area contributed by atoms with Crippen LogP contribution in [0.1, 0.15) is 37.0 Å². The van der Waals surface area contributed by atoms with Gasteiger partial charge in [-0.05, 0) is 68.1 Å². The Morgan fingerprint density at radius 3 is 2.45 bits per heavy atom. The number of nitrogens with one attached hydrogen (secondary N) is 1. The van der Waals surface area contributed by atoms with E-state index in [0.717, 1.165) is 27.6 Å².